The summed E-state index contributed by atoms with van der Waals surface area (Å²) in [5.41, 5.74) is 0.794. The molecule has 3 heteroatoms. The van der Waals surface area contributed by atoms with Crippen LogP contribution in [0.1, 0.15) is 5.69 Å². The summed E-state index contributed by atoms with van der Waals surface area (Å²) < 4.78 is 0. The van der Waals surface area contributed by atoms with Gasteiger partial charge in [0.05, 0.1) is 0 Å². The van der Waals surface area contributed by atoms with Crippen molar-refractivity contribution in [3.8, 4) is 0 Å². The van der Waals surface area contributed by atoms with Crippen LogP contribution >= 0.6 is 0 Å². The number of rotatable bonds is 0. The number of aromatic nitrogens is 2. The second kappa shape index (κ2) is 4.98. The molecule has 0 aliphatic heterocycles. The van der Waals surface area contributed by atoms with Gasteiger partial charge in [0, 0.05) is 11.8 Å². The Balaban J connectivity index is 0.000000132. The Morgan fingerprint density at radius 1 is 0.923 bits per heavy atom. The number of aromatic amines is 2. The first-order valence-electron chi connectivity index (χ1n) is 4.03. The zero-order valence-corrected chi connectivity index (χ0v) is 7.45. The second-order valence-electron chi connectivity index (χ2n) is 2.60. The Labute approximate surface area is 76.4 Å². The average Bonchev–Trinajstić information content (AvgIpc) is 2.54. The Morgan fingerprint density at radius 2 is 1.38 bits per heavy atom. The van der Waals surface area contributed by atoms with E-state index in [-0.39, 0.29) is 5.56 Å². The molecule has 0 unspecified atom stereocenters. The fourth-order valence-corrected chi connectivity index (χ4v) is 0.814. The lowest BCUT2D eigenvalue weighted by Crippen LogP contribution is -1.93. The molecule has 2 aromatic rings. The maximum atomic E-state index is 10.2. The van der Waals surface area contributed by atoms with Crippen LogP contribution in [0.4, 0.5) is 0 Å². The third-order valence-corrected chi connectivity index (χ3v) is 1.40. The standard InChI is InChI=1S/C6H6.C4H6N2O/c1-2-4-6-5-3-1;1-3-2-4(7)6-5-3/h1-6H;2H,1H3,(H2,5,6,7). The van der Waals surface area contributed by atoms with Gasteiger partial charge in [0.25, 0.3) is 5.56 Å². The van der Waals surface area contributed by atoms with E-state index in [0.29, 0.717) is 0 Å². The summed E-state index contributed by atoms with van der Waals surface area (Å²) in [7, 11) is 0. The Hall–Kier alpha value is -1.77. The van der Waals surface area contributed by atoms with E-state index in [1.807, 2.05) is 43.3 Å². The van der Waals surface area contributed by atoms with E-state index >= 15 is 0 Å². The molecular formula is C10H12N2O. The van der Waals surface area contributed by atoms with Crippen LogP contribution in [0.3, 0.4) is 0 Å². The minimum Gasteiger partial charge on any atom is -0.303 e. The van der Waals surface area contributed by atoms with E-state index < -0.39 is 0 Å². The highest BCUT2D eigenvalue weighted by Crippen LogP contribution is 1.79. The van der Waals surface area contributed by atoms with Gasteiger partial charge in [-0.25, -0.2) is 0 Å². The fourth-order valence-electron chi connectivity index (χ4n) is 0.814. The number of hydrogen-bond acceptors (Lipinski definition) is 1. The summed E-state index contributed by atoms with van der Waals surface area (Å²) in [4.78, 5) is 10.2. The number of benzene rings is 1. The van der Waals surface area contributed by atoms with E-state index in [9.17, 15) is 4.79 Å². The van der Waals surface area contributed by atoms with Crippen molar-refractivity contribution in [1.29, 1.82) is 0 Å². The minimum absolute atomic E-state index is 0.0718. The summed E-state index contributed by atoms with van der Waals surface area (Å²) >= 11 is 0. The zero-order chi connectivity index (χ0) is 9.52. The molecule has 0 amide bonds. The van der Waals surface area contributed by atoms with Gasteiger partial charge in [-0.05, 0) is 6.92 Å². The molecule has 13 heavy (non-hydrogen) atoms. The zero-order valence-electron chi connectivity index (χ0n) is 7.45. The molecule has 0 saturated carbocycles. The highest BCUT2D eigenvalue weighted by molar-refractivity contribution is 4.99. The van der Waals surface area contributed by atoms with Gasteiger partial charge in [-0.2, -0.15) is 0 Å². The molecule has 0 saturated heterocycles. The molecule has 0 spiro atoms. The molecule has 3 nitrogen and oxygen atoms in total. The van der Waals surface area contributed by atoms with Gasteiger partial charge in [-0.3, -0.25) is 9.89 Å². The molecule has 2 N–H and O–H groups in total. The lowest BCUT2D eigenvalue weighted by molar-refractivity contribution is 1.02. The van der Waals surface area contributed by atoms with E-state index in [1.165, 1.54) is 6.07 Å². The summed E-state index contributed by atoms with van der Waals surface area (Å²) in [6.45, 7) is 1.82. The van der Waals surface area contributed by atoms with E-state index in [4.69, 9.17) is 0 Å². The Bertz CT molecular complexity index is 348. The van der Waals surface area contributed by atoms with Crippen LogP contribution in [0.15, 0.2) is 47.3 Å². The summed E-state index contributed by atoms with van der Waals surface area (Å²) in [6.07, 6.45) is 0. The normalized spacial score (nSPS) is 8.69. The van der Waals surface area contributed by atoms with Crippen molar-refractivity contribution in [2.75, 3.05) is 0 Å². The SMILES string of the molecule is Cc1cc(=O)[nH][nH]1.c1ccccc1. The van der Waals surface area contributed by atoms with Gasteiger partial charge in [0.2, 0.25) is 0 Å². The fraction of sp³-hybridized carbons (Fsp3) is 0.100. The molecular weight excluding hydrogens is 164 g/mol. The van der Waals surface area contributed by atoms with Crippen LogP contribution in [-0.2, 0) is 0 Å². The van der Waals surface area contributed by atoms with Crippen LogP contribution in [-0.4, -0.2) is 10.2 Å². The number of H-pyrrole nitrogens is 2. The van der Waals surface area contributed by atoms with Crippen LogP contribution < -0.4 is 5.56 Å². The van der Waals surface area contributed by atoms with Gasteiger partial charge in [-0.1, -0.05) is 36.4 Å². The molecule has 0 radical (unpaired) electrons. The summed E-state index contributed by atoms with van der Waals surface area (Å²) in [6, 6.07) is 13.5. The molecule has 1 heterocycles. The quantitative estimate of drug-likeness (QED) is 0.630. The van der Waals surface area contributed by atoms with E-state index in [0.717, 1.165) is 5.69 Å². The molecule has 68 valence electrons. The third kappa shape index (κ3) is 3.96. The van der Waals surface area contributed by atoms with Crippen LogP contribution in [0.25, 0.3) is 0 Å². The lowest BCUT2D eigenvalue weighted by atomic mass is 10.4. The van der Waals surface area contributed by atoms with E-state index in [2.05, 4.69) is 10.2 Å². The topological polar surface area (TPSA) is 48.6 Å². The largest absolute Gasteiger partial charge is 0.303 e. The van der Waals surface area contributed by atoms with E-state index in [1.54, 1.807) is 0 Å². The van der Waals surface area contributed by atoms with Crippen molar-refractivity contribution in [1.82, 2.24) is 10.2 Å². The molecule has 0 bridgehead atoms. The van der Waals surface area contributed by atoms with Crippen molar-refractivity contribution < 1.29 is 0 Å². The molecule has 0 aliphatic carbocycles. The highest BCUT2D eigenvalue weighted by atomic mass is 16.1. The molecule has 1 aromatic carbocycles. The predicted molar refractivity (Wildman–Crippen MR) is 52.6 cm³/mol. The summed E-state index contributed by atoms with van der Waals surface area (Å²) in [5, 5.41) is 5.02. The predicted octanol–water partition coefficient (Wildman–Crippen LogP) is 1.70. The maximum absolute atomic E-state index is 10.2. The van der Waals surface area contributed by atoms with Gasteiger partial charge in [0.15, 0.2) is 0 Å². The first-order chi connectivity index (χ1) is 6.29. The maximum Gasteiger partial charge on any atom is 0.264 e. The van der Waals surface area contributed by atoms with Crippen LogP contribution in [0.5, 0.6) is 0 Å². The monoisotopic (exact) mass is 176 g/mol. The van der Waals surface area contributed by atoms with Crippen molar-refractivity contribution in [2.45, 2.75) is 6.92 Å². The molecule has 0 fully saturated rings. The first-order valence-corrected chi connectivity index (χ1v) is 4.03. The third-order valence-electron chi connectivity index (χ3n) is 1.40. The van der Waals surface area contributed by atoms with Crippen molar-refractivity contribution in [3.05, 3.63) is 58.5 Å². The molecule has 1 aromatic heterocycles. The molecule has 2 rings (SSSR count). The Morgan fingerprint density at radius 3 is 1.54 bits per heavy atom. The average molecular weight is 176 g/mol. The van der Waals surface area contributed by atoms with Gasteiger partial charge < -0.3 is 5.10 Å². The smallest absolute Gasteiger partial charge is 0.264 e. The summed E-state index contributed by atoms with van der Waals surface area (Å²) in [5.74, 6) is 0. The van der Waals surface area contributed by atoms with Crippen LogP contribution in [0, 0.1) is 6.92 Å². The van der Waals surface area contributed by atoms with Gasteiger partial charge in [-0.15, -0.1) is 0 Å². The van der Waals surface area contributed by atoms with Crippen molar-refractivity contribution in [3.63, 3.8) is 0 Å². The number of aryl methyl sites for hydroxylation is 1. The first kappa shape index (κ1) is 9.32. The molecule has 0 atom stereocenters. The number of hydrogen-bond donors (Lipinski definition) is 2. The van der Waals surface area contributed by atoms with Gasteiger partial charge in [0.1, 0.15) is 0 Å². The van der Waals surface area contributed by atoms with Crippen molar-refractivity contribution >= 4 is 0 Å². The van der Waals surface area contributed by atoms with Crippen molar-refractivity contribution in [2.24, 2.45) is 0 Å². The highest BCUT2D eigenvalue weighted by Gasteiger charge is 1.81. The Kier molecular flexibility index (Phi) is 3.57. The minimum atomic E-state index is -0.0718. The number of nitrogens with one attached hydrogen (secondary N) is 2. The van der Waals surface area contributed by atoms with Crippen LogP contribution in [0.2, 0.25) is 0 Å². The lowest BCUT2D eigenvalue weighted by Gasteiger charge is -1.69. The molecule has 0 aliphatic rings. The second-order valence-corrected chi connectivity index (χ2v) is 2.60. The van der Waals surface area contributed by atoms with Gasteiger partial charge >= 0.3 is 0 Å².